The summed E-state index contributed by atoms with van der Waals surface area (Å²) >= 11 is 1.36. The molecule has 29 heavy (non-hydrogen) atoms. The quantitative estimate of drug-likeness (QED) is 0.643. The van der Waals surface area contributed by atoms with E-state index in [-0.39, 0.29) is 0 Å². The number of nitrogens with one attached hydrogen (secondary N) is 1. The van der Waals surface area contributed by atoms with Crippen molar-refractivity contribution in [3.05, 3.63) is 53.8 Å². The van der Waals surface area contributed by atoms with Gasteiger partial charge in [0.05, 0.1) is 0 Å². The van der Waals surface area contributed by atoms with Gasteiger partial charge in [-0.3, -0.25) is 0 Å². The van der Waals surface area contributed by atoms with Crippen molar-refractivity contribution in [1.29, 1.82) is 0 Å². The van der Waals surface area contributed by atoms with Crippen LogP contribution in [0.2, 0.25) is 0 Å². The molecule has 10 heteroatoms. The molecule has 8 nitrogen and oxygen atoms in total. The standard InChI is InChI=1S/C19H22N6O2S2/c1-2-15-6-7-19(28-15)29(26,27)25-11-9-24(10-12-25)18-13-17(21-14-22-18)23-16-5-3-4-8-20-16/h3-8,13-14H,2,9-12H2,1H3,(H,20,21,22,23). The molecule has 152 valence electrons. The summed E-state index contributed by atoms with van der Waals surface area (Å²) < 4.78 is 27.8. The van der Waals surface area contributed by atoms with Crippen LogP contribution in [0.15, 0.2) is 53.1 Å². The van der Waals surface area contributed by atoms with Gasteiger partial charge in [0.15, 0.2) is 0 Å². The smallest absolute Gasteiger partial charge is 0.252 e. The molecule has 0 radical (unpaired) electrons. The van der Waals surface area contributed by atoms with E-state index in [1.54, 1.807) is 16.6 Å². The minimum atomic E-state index is -3.43. The van der Waals surface area contributed by atoms with Gasteiger partial charge >= 0.3 is 0 Å². The summed E-state index contributed by atoms with van der Waals surface area (Å²) in [6, 6.07) is 11.1. The van der Waals surface area contributed by atoms with E-state index in [9.17, 15) is 8.42 Å². The minimum Gasteiger partial charge on any atom is -0.354 e. The van der Waals surface area contributed by atoms with Gasteiger partial charge in [0.2, 0.25) is 0 Å². The average molecular weight is 431 g/mol. The normalized spacial score (nSPS) is 15.4. The number of aromatic nitrogens is 3. The molecular weight excluding hydrogens is 408 g/mol. The molecule has 1 N–H and O–H groups in total. The molecule has 0 saturated carbocycles. The van der Waals surface area contributed by atoms with E-state index in [0.717, 1.165) is 17.1 Å². The fraction of sp³-hybridized carbons (Fsp3) is 0.316. The van der Waals surface area contributed by atoms with Crippen LogP contribution in [0.4, 0.5) is 17.5 Å². The number of thiophene rings is 1. The lowest BCUT2D eigenvalue weighted by Gasteiger charge is -2.34. The van der Waals surface area contributed by atoms with Crippen LogP contribution < -0.4 is 10.2 Å². The van der Waals surface area contributed by atoms with Gasteiger partial charge in [0, 0.05) is 43.3 Å². The molecule has 1 fully saturated rings. The van der Waals surface area contributed by atoms with E-state index in [2.05, 4.69) is 25.2 Å². The van der Waals surface area contributed by atoms with Crippen LogP contribution in [0.3, 0.4) is 0 Å². The van der Waals surface area contributed by atoms with Crippen molar-refractivity contribution < 1.29 is 8.42 Å². The number of piperazine rings is 1. The van der Waals surface area contributed by atoms with Gasteiger partial charge in [0.25, 0.3) is 10.0 Å². The first-order valence-corrected chi connectivity index (χ1v) is 11.7. The van der Waals surface area contributed by atoms with Crippen LogP contribution in [0.5, 0.6) is 0 Å². The number of anilines is 3. The van der Waals surface area contributed by atoms with E-state index in [1.807, 2.05) is 37.3 Å². The summed E-state index contributed by atoms with van der Waals surface area (Å²) in [6.07, 6.45) is 4.05. The van der Waals surface area contributed by atoms with E-state index in [1.165, 1.54) is 17.7 Å². The van der Waals surface area contributed by atoms with Crippen molar-refractivity contribution >= 4 is 38.8 Å². The van der Waals surface area contributed by atoms with Crippen molar-refractivity contribution in [3.8, 4) is 0 Å². The molecule has 3 aromatic rings. The van der Waals surface area contributed by atoms with Gasteiger partial charge < -0.3 is 10.2 Å². The molecule has 0 unspecified atom stereocenters. The van der Waals surface area contributed by atoms with Gasteiger partial charge in [-0.2, -0.15) is 4.31 Å². The van der Waals surface area contributed by atoms with Crippen LogP contribution in [0.1, 0.15) is 11.8 Å². The predicted molar refractivity (Wildman–Crippen MR) is 114 cm³/mol. The zero-order valence-electron chi connectivity index (χ0n) is 16.0. The second-order valence-electron chi connectivity index (χ2n) is 6.57. The Labute approximate surface area is 174 Å². The largest absolute Gasteiger partial charge is 0.354 e. The van der Waals surface area contributed by atoms with Crippen molar-refractivity contribution in [2.75, 3.05) is 36.4 Å². The van der Waals surface area contributed by atoms with Gasteiger partial charge in [-0.05, 0) is 30.7 Å². The number of aryl methyl sites for hydroxylation is 1. The van der Waals surface area contributed by atoms with Crippen LogP contribution >= 0.6 is 11.3 Å². The third kappa shape index (κ3) is 4.39. The van der Waals surface area contributed by atoms with Gasteiger partial charge in [-0.15, -0.1) is 11.3 Å². The summed E-state index contributed by atoms with van der Waals surface area (Å²) in [6.45, 7) is 4.03. The zero-order valence-corrected chi connectivity index (χ0v) is 17.7. The molecule has 0 amide bonds. The number of pyridine rings is 1. The molecule has 3 aromatic heterocycles. The molecular formula is C19H22N6O2S2. The molecule has 0 spiro atoms. The number of rotatable bonds is 6. The monoisotopic (exact) mass is 430 g/mol. The maximum Gasteiger partial charge on any atom is 0.252 e. The Kier molecular flexibility index (Phi) is 5.74. The van der Waals surface area contributed by atoms with E-state index in [4.69, 9.17) is 0 Å². The van der Waals surface area contributed by atoms with Gasteiger partial charge in [-0.25, -0.2) is 23.4 Å². The number of hydrogen-bond acceptors (Lipinski definition) is 8. The Hall–Kier alpha value is -2.56. The first-order chi connectivity index (χ1) is 14.1. The molecule has 1 saturated heterocycles. The highest BCUT2D eigenvalue weighted by molar-refractivity contribution is 7.91. The molecule has 0 bridgehead atoms. The Balaban J connectivity index is 1.42. The summed E-state index contributed by atoms with van der Waals surface area (Å²) in [5.41, 5.74) is 0. The Morgan fingerprint density at radius 1 is 1.03 bits per heavy atom. The lowest BCUT2D eigenvalue weighted by Crippen LogP contribution is -2.48. The van der Waals surface area contributed by atoms with E-state index >= 15 is 0 Å². The van der Waals surface area contributed by atoms with Crippen molar-refractivity contribution in [3.63, 3.8) is 0 Å². The number of nitrogens with zero attached hydrogens (tertiary/aromatic N) is 5. The summed E-state index contributed by atoms with van der Waals surface area (Å²) in [5, 5.41) is 3.15. The van der Waals surface area contributed by atoms with E-state index in [0.29, 0.717) is 42.0 Å². The van der Waals surface area contributed by atoms with E-state index < -0.39 is 10.0 Å². The maximum atomic E-state index is 12.9. The van der Waals surface area contributed by atoms with Crippen LogP contribution in [0.25, 0.3) is 0 Å². The Morgan fingerprint density at radius 3 is 2.55 bits per heavy atom. The SMILES string of the molecule is CCc1ccc(S(=O)(=O)N2CCN(c3cc(Nc4ccccn4)ncn3)CC2)s1. The lowest BCUT2D eigenvalue weighted by molar-refractivity contribution is 0.385. The number of sulfonamides is 1. The highest BCUT2D eigenvalue weighted by Gasteiger charge is 2.30. The predicted octanol–water partition coefficient (Wildman–Crippen LogP) is 2.75. The van der Waals surface area contributed by atoms with Crippen molar-refractivity contribution in [1.82, 2.24) is 19.3 Å². The first kappa shape index (κ1) is 19.7. The molecule has 0 atom stereocenters. The minimum absolute atomic E-state index is 0.423. The summed E-state index contributed by atoms with van der Waals surface area (Å²) in [5.74, 6) is 2.12. The molecule has 1 aliphatic heterocycles. The first-order valence-electron chi connectivity index (χ1n) is 9.40. The summed E-state index contributed by atoms with van der Waals surface area (Å²) in [7, 11) is -3.43. The molecule has 0 aromatic carbocycles. The highest BCUT2D eigenvalue weighted by atomic mass is 32.2. The fourth-order valence-electron chi connectivity index (χ4n) is 3.13. The average Bonchev–Trinajstić information content (AvgIpc) is 3.25. The van der Waals surface area contributed by atoms with Crippen LogP contribution in [-0.2, 0) is 16.4 Å². The lowest BCUT2D eigenvalue weighted by atomic mass is 10.3. The van der Waals surface area contributed by atoms with Gasteiger partial charge in [0.1, 0.15) is 28.0 Å². The third-order valence-corrected chi connectivity index (χ3v) is 8.31. The second-order valence-corrected chi connectivity index (χ2v) is 9.90. The Bertz CT molecular complexity index is 1060. The zero-order chi connectivity index (χ0) is 20.3. The summed E-state index contributed by atoms with van der Waals surface area (Å²) in [4.78, 5) is 16.0. The van der Waals surface area contributed by atoms with Crippen molar-refractivity contribution in [2.45, 2.75) is 17.6 Å². The van der Waals surface area contributed by atoms with Gasteiger partial charge in [-0.1, -0.05) is 13.0 Å². The maximum absolute atomic E-state index is 12.9. The fourth-order valence-corrected chi connectivity index (χ4v) is 6.00. The highest BCUT2D eigenvalue weighted by Crippen LogP contribution is 2.27. The Morgan fingerprint density at radius 2 is 1.86 bits per heavy atom. The van der Waals surface area contributed by atoms with Crippen molar-refractivity contribution in [2.24, 2.45) is 0 Å². The number of hydrogen-bond donors (Lipinski definition) is 1. The topological polar surface area (TPSA) is 91.3 Å². The third-order valence-electron chi connectivity index (χ3n) is 4.72. The molecule has 0 aliphatic carbocycles. The molecule has 4 rings (SSSR count). The molecule has 4 heterocycles. The molecule has 1 aliphatic rings. The second kappa shape index (κ2) is 8.44. The van der Waals surface area contributed by atoms with Crippen LogP contribution in [0, 0.1) is 0 Å². The van der Waals surface area contributed by atoms with Crippen LogP contribution in [-0.4, -0.2) is 53.9 Å².